The van der Waals surface area contributed by atoms with Gasteiger partial charge in [-0.2, -0.15) is 0 Å². The average molecular weight is 792 g/mol. The van der Waals surface area contributed by atoms with Gasteiger partial charge in [-0.3, -0.25) is 0 Å². The van der Waals surface area contributed by atoms with Crippen molar-refractivity contribution >= 4 is 39.0 Å². The van der Waals surface area contributed by atoms with E-state index in [2.05, 4.69) is 248 Å². The van der Waals surface area contributed by atoms with Gasteiger partial charge in [-0.25, -0.2) is 0 Å². The molecule has 2 heteroatoms. The van der Waals surface area contributed by atoms with E-state index < -0.39 is 0 Å². The molecule has 10 aromatic carbocycles. The van der Waals surface area contributed by atoms with Gasteiger partial charge in [0.2, 0.25) is 0 Å². The lowest BCUT2D eigenvalue weighted by atomic mass is 9.87. The first-order valence-electron chi connectivity index (χ1n) is 21.2. The smallest absolute Gasteiger partial charge is 0.159 e. The molecule has 0 saturated carbocycles. The highest BCUT2D eigenvalue weighted by atomic mass is 16.3. The first kappa shape index (κ1) is 36.8. The van der Waals surface area contributed by atoms with Crippen molar-refractivity contribution in [3.8, 4) is 66.8 Å². The van der Waals surface area contributed by atoms with Crippen LogP contribution in [0.4, 0.5) is 17.1 Å². The number of anilines is 3. The molecular formula is C60H41NO. The summed E-state index contributed by atoms with van der Waals surface area (Å²) in [6.07, 6.45) is 0. The number of para-hydroxylation sites is 3. The van der Waals surface area contributed by atoms with Crippen molar-refractivity contribution in [3.63, 3.8) is 0 Å². The Hall–Kier alpha value is -8.20. The minimum absolute atomic E-state index is 0.847. The molecule has 0 bridgehead atoms. The maximum absolute atomic E-state index is 6.76. The standard InChI is InChI=1S/C60H41NO/c1-4-17-42(18-5-1)44-31-33-45(34-32-44)46-35-38-49(39-36-46)61(58-29-16-27-55-54-26-13-15-30-59(54)62-60(55)58)57-28-14-12-25-53(57)51-24-11-10-23-50(51)52-40-37-48(43-19-6-2-7-20-43)41-56(52)47-21-8-3-9-22-47/h1-41H. The number of rotatable bonds is 9. The average Bonchev–Trinajstić information content (AvgIpc) is 3.75. The number of hydrogen-bond donors (Lipinski definition) is 0. The van der Waals surface area contributed by atoms with Crippen LogP contribution in [0.1, 0.15) is 0 Å². The topological polar surface area (TPSA) is 16.4 Å². The minimum Gasteiger partial charge on any atom is -0.454 e. The predicted octanol–water partition coefficient (Wildman–Crippen LogP) is 17.1. The second kappa shape index (κ2) is 16.1. The molecule has 0 saturated heterocycles. The summed E-state index contributed by atoms with van der Waals surface area (Å²) < 4.78 is 6.76. The Morgan fingerprint density at radius 2 is 0.694 bits per heavy atom. The fourth-order valence-electron chi connectivity index (χ4n) is 8.90. The number of hydrogen-bond acceptors (Lipinski definition) is 2. The molecule has 292 valence electrons. The summed E-state index contributed by atoms with van der Waals surface area (Å²) in [4.78, 5) is 2.37. The minimum atomic E-state index is 0.847. The van der Waals surface area contributed by atoms with Crippen molar-refractivity contribution in [2.75, 3.05) is 4.90 Å². The summed E-state index contributed by atoms with van der Waals surface area (Å²) in [6.45, 7) is 0. The van der Waals surface area contributed by atoms with Gasteiger partial charge < -0.3 is 9.32 Å². The number of benzene rings is 10. The van der Waals surface area contributed by atoms with Gasteiger partial charge in [0.25, 0.3) is 0 Å². The molecule has 0 aliphatic heterocycles. The van der Waals surface area contributed by atoms with Crippen molar-refractivity contribution in [2.45, 2.75) is 0 Å². The first-order valence-corrected chi connectivity index (χ1v) is 21.2. The van der Waals surface area contributed by atoms with E-state index in [0.717, 1.165) is 61.3 Å². The molecule has 0 N–H and O–H groups in total. The third-order valence-corrected chi connectivity index (χ3v) is 11.9. The molecule has 0 radical (unpaired) electrons. The molecule has 0 unspecified atom stereocenters. The van der Waals surface area contributed by atoms with Crippen molar-refractivity contribution in [3.05, 3.63) is 249 Å². The molecule has 0 atom stereocenters. The van der Waals surface area contributed by atoms with Crippen LogP contribution in [0.3, 0.4) is 0 Å². The summed E-state index contributed by atoms with van der Waals surface area (Å²) in [5.74, 6) is 0. The SMILES string of the molecule is c1ccc(-c2ccc(-c3ccc(N(c4ccccc4-c4ccccc4-c4ccc(-c5ccccc5)cc4-c4ccccc4)c4cccc5c4oc4ccccc45)cc3)cc2)cc1. The number of nitrogens with zero attached hydrogens (tertiary/aromatic N) is 1. The van der Waals surface area contributed by atoms with Gasteiger partial charge >= 0.3 is 0 Å². The fourth-order valence-corrected chi connectivity index (χ4v) is 8.90. The summed E-state index contributed by atoms with van der Waals surface area (Å²) >= 11 is 0. The third-order valence-electron chi connectivity index (χ3n) is 11.9. The predicted molar refractivity (Wildman–Crippen MR) is 261 cm³/mol. The fraction of sp³-hybridized carbons (Fsp3) is 0. The Bertz CT molecular complexity index is 3310. The van der Waals surface area contributed by atoms with Crippen LogP contribution in [0, 0.1) is 0 Å². The highest BCUT2D eigenvalue weighted by Gasteiger charge is 2.24. The summed E-state index contributed by atoms with van der Waals surface area (Å²) in [7, 11) is 0. The Balaban J connectivity index is 1.08. The molecule has 0 fully saturated rings. The van der Waals surface area contributed by atoms with Crippen LogP contribution >= 0.6 is 0 Å². The lowest BCUT2D eigenvalue weighted by Gasteiger charge is -2.28. The molecule has 0 amide bonds. The Morgan fingerprint density at radius 3 is 1.35 bits per heavy atom. The van der Waals surface area contributed by atoms with E-state index in [0.29, 0.717) is 0 Å². The van der Waals surface area contributed by atoms with Gasteiger partial charge in [-0.1, -0.05) is 212 Å². The third kappa shape index (κ3) is 6.84. The molecule has 2 nitrogen and oxygen atoms in total. The van der Waals surface area contributed by atoms with Crippen LogP contribution in [-0.4, -0.2) is 0 Å². The molecule has 0 aliphatic carbocycles. The van der Waals surface area contributed by atoms with E-state index in [1.807, 2.05) is 6.07 Å². The monoisotopic (exact) mass is 791 g/mol. The van der Waals surface area contributed by atoms with E-state index in [4.69, 9.17) is 4.42 Å². The van der Waals surface area contributed by atoms with Crippen LogP contribution < -0.4 is 4.90 Å². The molecule has 1 aromatic heterocycles. The van der Waals surface area contributed by atoms with Gasteiger partial charge in [0.05, 0.1) is 11.4 Å². The van der Waals surface area contributed by atoms with Gasteiger partial charge in [-0.15, -0.1) is 0 Å². The maximum atomic E-state index is 6.76. The Kier molecular flexibility index (Phi) is 9.57. The van der Waals surface area contributed by atoms with Crippen LogP contribution in [-0.2, 0) is 0 Å². The highest BCUT2D eigenvalue weighted by Crippen LogP contribution is 2.48. The van der Waals surface area contributed by atoms with E-state index in [9.17, 15) is 0 Å². The first-order chi connectivity index (χ1) is 30.8. The van der Waals surface area contributed by atoms with Crippen molar-refractivity contribution < 1.29 is 4.42 Å². The molecule has 11 aromatic rings. The van der Waals surface area contributed by atoms with Gasteiger partial charge in [0.15, 0.2) is 5.58 Å². The van der Waals surface area contributed by atoms with Crippen molar-refractivity contribution in [2.24, 2.45) is 0 Å². The second-order valence-electron chi connectivity index (χ2n) is 15.6. The van der Waals surface area contributed by atoms with E-state index in [-0.39, 0.29) is 0 Å². The number of fused-ring (bicyclic) bond motifs is 3. The lowest BCUT2D eigenvalue weighted by Crippen LogP contribution is -2.11. The molecule has 11 rings (SSSR count). The summed E-state index contributed by atoms with van der Waals surface area (Å²) in [6, 6.07) is 89.0. The van der Waals surface area contributed by atoms with Crippen LogP contribution in [0.5, 0.6) is 0 Å². The highest BCUT2D eigenvalue weighted by molar-refractivity contribution is 6.11. The lowest BCUT2D eigenvalue weighted by molar-refractivity contribution is 0.669. The zero-order chi connectivity index (χ0) is 41.2. The molecule has 0 spiro atoms. The summed E-state index contributed by atoms with van der Waals surface area (Å²) in [5, 5.41) is 2.19. The van der Waals surface area contributed by atoms with Crippen LogP contribution in [0.15, 0.2) is 253 Å². The van der Waals surface area contributed by atoms with Gasteiger partial charge in [0, 0.05) is 22.0 Å². The van der Waals surface area contributed by atoms with Crippen LogP contribution in [0.2, 0.25) is 0 Å². The number of furan rings is 1. The van der Waals surface area contributed by atoms with E-state index >= 15 is 0 Å². The second-order valence-corrected chi connectivity index (χ2v) is 15.6. The van der Waals surface area contributed by atoms with E-state index in [1.54, 1.807) is 0 Å². The van der Waals surface area contributed by atoms with Crippen molar-refractivity contribution in [1.29, 1.82) is 0 Å². The van der Waals surface area contributed by atoms with Crippen molar-refractivity contribution in [1.82, 2.24) is 0 Å². The summed E-state index contributed by atoms with van der Waals surface area (Å²) in [5.41, 5.74) is 18.9. The zero-order valence-corrected chi connectivity index (χ0v) is 34.0. The Morgan fingerprint density at radius 1 is 0.258 bits per heavy atom. The molecule has 1 heterocycles. The van der Waals surface area contributed by atoms with Gasteiger partial charge in [-0.05, 0) is 97.6 Å². The molecule has 0 aliphatic rings. The van der Waals surface area contributed by atoms with Gasteiger partial charge in [0.1, 0.15) is 5.58 Å². The molecule has 62 heavy (non-hydrogen) atoms. The maximum Gasteiger partial charge on any atom is 0.159 e. The Labute approximate surface area is 362 Å². The van der Waals surface area contributed by atoms with E-state index in [1.165, 1.54) is 44.5 Å². The zero-order valence-electron chi connectivity index (χ0n) is 34.0. The van der Waals surface area contributed by atoms with Crippen LogP contribution in [0.25, 0.3) is 88.7 Å². The normalized spacial score (nSPS) is 11.2. The quantitative estimate of drug-likeness (QED) is 0.145. The largest absolute Gasteiger partial charge is 0.454 e. The molecular weight excluding hydrogens is 751 g/mol.